The monoisotopic (exact) mass is 504 g/mol. The molecule has 0 atom stereocenters. The number of hydrogen-bond donors (Lipinski definition) is 3. The van der Waals surface area contributed by atoms with Crippen LogP contribution < -0.4 is 20.1 Å². The summed E-state index contributed by atoms with van der Waals surface area (Å²) in [7, 11) is 1.58. The van der Waals surface area contributed by atoms with Crippen LogP contribution in [0.2, 0.25) is 0 Å². The Hall–Kier alpha value is -2.01. The number of guanidine groups is 1. The van der Waals surface area contributed by atoms with Gasteiger partial charge in [0.15, 0.2) is 17.5 Å². The summed E-state index contributed by atoms with van der Waals surface area (Å²) in [5.74, 6) is 3.33. The van der Waals surface area contributed by atoms with E-state index in [4.69, 9.17) is 19.0 Å². The minimum atomic E-state index is -0.0451. The largest absolute Gasteiger partial charge is 0.493 e. The van der Waals surface area contributed by atoms with Crippen LogP contribution in [0.5, 0.6) is 11.5 Å². The first kappa shape index (κ1) is 24.0. The van der Waals surface area contributed by atoms with Gasteiger partial charge in [0.25, 0.3) is 0 Å². The van der Waals surface area contributed by atoms with Crippen LogP contribution >= 0.6 is 24.0 Å². The van der Waals surface area contributed by atoms with E-state index in [0.29, 0.717) is 36.4 Å². The number of methoxy groups -OCH3 is 1. The molecule has 156 valence electrons. The Morgan fingerprint density at radius 1 is 1.25 bits per heavy atom. The first-order valence-electron chi connectivity index (χ1n) is 8.93. The molecule has 0 fully saturated rings. The Kier molecular flexibility index (Phi) is 10.7. The minimum absolute atomic E-state index is 0. The predicted molar refractivity (Wildman–Crippen MR) is 119 cm³/mol. The number of rotatable bonds is 9. The van der Waals surface area contributed by atoms with Crippen LogP contribution in [0.1, 0.15) is 29.8 Å². The second-order valence-corrected chi connectivity index (χ2v) is 5.86. The lowest BCUT2D eigenvalue weighted by Gasteiger charge is -2.12. The first-order valence-corrected chi connectivity index (χ1v) is 8.93. The lowest BCUT2D eigenvalue weighted by molar-refractivity contribution is 0.196. The number of halogens is 1. The second kappa shape index (κ2) is 12.4. The molecule has 1 heterocycles. The summed E-state index contributed by atoms with van der Waals surface area (Å²) in [5, 5.41) is 15.3. The quantitative estimate of drug-likeness (QED) is 0.274. The summed E-state index contributed by atoms with van der Waals surface area (Å²) in [4.78, 5) is 8.94. The Morgan fingerprint density at radius 3 is 2.64 bits per heavy atom. The number of aromatic nitrogens is 1. The van der Waals surface area contributed by atoms with Crippen molar-refractivity contribution in [1.82, 2.24) is 15.6 Å². The van der Waals surface area contributed by atoms with Crippen molar-refractivity contribution in [2.45, 2.75) is 33.9 Å². The molecule has 0 unspecified atom stereocenters. The van der Waals surface area contributed by atoms with Crippen molar-refractivity contribution in [3.63, 3.8) is 0 Å². The number of aliphatic hydroxyl groups is 1. The van der Waals surface area contributed by atoms with Gasteiger partial charge in [0.2, 0.25) is 5.89 Å². The number of aliphatic imine (C=N–C) groups is 1. The summed E-state index contributed by atoms with van der Waals surface area (Å²) >= 11 is 0. The van der Waals surface area contributed by atoms with E-state index in [-0.39, 0.29) is 37.2 Å². The molecule has 0 saturated carbocycles. The third kappa shape index (κ3) is 7.19. The fourth-order valence-corrected chi connectivity index (χ4v) is 2.37. The van der Waals surface area contributed by atoms with Gasteiger partial charge >= 0.3 is 0 Å². The maximum Gasteiger partial charge on any atom is 0.214 e. The lowest BCUT2D eigenvalue weighted by Crippen LogP contribution is -2.36. The molecule has 0 bridgehead atoms. The normalized spacial score (nSPS) is 11.0. The molecule has 0 aliphatic carbocycles. The summed E-state index contributed by atoms with van der Waals surface area (Å²) in [6.45, 7) is 7.67. The van der Waals surface area contributed by atoms with Crippen molar-refractivity contribution in [1.29, 1.82) is 0 Å². The number of oxazole rings is 1. The topological polar surface area (TPSA) is 101 Å². The van der Waals surface area contributed by atoms with Gasteiger partial charge in [0.1, 0.15) is 12.4 Å². The highest BCUT2D eigenvalue weighted by atomic mass is 127. The van der Waals surface area contributed by atoms with Crippen molar-refractivity contribution in [2.75, 3.05) is 26.9 Å². The highest BCUT2D eigenvalue weighted by Crippen LogP contribution is 2.28. The van der Waals surface area contributed by atoms with Gasteiger partial charge in [-0.3, -0.25) is 0 Å². The smallest absolute Gasteiger partial charge is 0.214 e. The van der Waals surface area contributed by atoms with E-state index in [0.717, 1.165) is 23.6 Å². The number of aliphatic hydroxyl groups excluding tert-OH is 1. The maximum atomic E-state index is 8.88. The average molecular weight is 504 g/mol. The highest BCUT2D eigenvalue weighted by molar-refractivity contribution is 14.0. The molecule has 1 aromatic heterocycles. The standard InChI is InChI=1S/C19H28N4O4.HI/c1-5-20-19(22-12-18-23-13(2)14(3)27-18)21-11-15-6-7-16(26-9-8-24)17(10-15)25-4;/h6-7,10,24H,5,8-9,11-12H2,1-4H3,(H2,20,21,22);1H. The Labute approximate surface area is 182 Å². The number of benzene rings is 1. The molecule has 0 aliphatic heterocycles. The Balaban J connectivity index is 0.00000392. The maximum absolute atomic E-state index is 8.88. The molecular formula is C19H29IN4O4. The van der Waals surface area contributed by atoms with E-state index >= 15 is 0 Å². The molecule has 0 aliphatic rings. The fraction of sp³-hybridized carbons (Fsp3) is 0.474. The summed E-state index contributed by atoms with van der Waals surface area (Å²) in [6.07, 6.45) is 0. The molecular weight excluding hydrogens is 475 g/mol. The SMILES string of the molecule is CCNC(=NCc1ccc(OCCO)c(OC)c1)NCc1nc(C)c(C)o1.I. The van der Waals surface area contributed by atoms with Gasteiger partial charge in [0, 0.05) is 6.54 Å². The third-order valence-corrected chi connectivity index (χ3v) is 3.82. The molecule has 1 aromatic carbocycles. The van der Waals surface area contributed by atoms with Crippen molar-refractivity contribution in [3.05, 3.63) is 41.1 Å². The van der Waals surface area contributed by atoms with Gasteiger partial charge in [-0.05, 0) is 38.5 Å². The van der Waals surface area contributed by atoms with Crippen LogP contribution in [0.4, 0.5) is 0 Å². The van der Waals surface area contributed by atoms with Crippen molar-refractivity contribution in [2.24, 2.45) is 4.99 Å². The average Bonchev–Trinajstić information content (AvgIpc) is 3.00. The van der Waals surface area contributed by atoms with Gasteiger partial charge in [0.05, 0.1) is 32.5 Å². The summed E-state index contributed by atoms with van der Waals surface area (Å²) in [5.41, 5.74) is 1.87. The number of hydrogen-bond acceptors (Lipinski definition) is 6. The molecule has 0 amide bonds. The predicted octanol–water partition coefficient (Wildman–Crippen LogP) is 2.54. The van der Waals surface area contributed by atoms with Crippen LogP contribution in [-0.4, -0.2) is 42.9 Å². The minimum Gasteiger partial charge on any atom is -0.493 e. The Bertz CT molecular complexity index is 745. The number of nitrogens with zero attached hydrogens (tertiary/aromatic N) is 2. The molecule has 3 N–H and O–H groups in total. The van der Waals surface area contributed by atoms with E-state index in [1.165, 1.54) is 0 Å². The van der Waals surface area contributed by atoms with Crippen LogP contribution in [0, 0.1) is 13.8 Å². The molecule has 9 heteroatoms. The second-order valence-electron chi connectivity index (χ2n) is 5.86. The molecule has 28 heavy (non-hydrogen) atoms. The number of ether oxygens (including phenoxy) is 2. The van der Waals surface area contributed by atoms with Crippen molar-refractivity contribution in [3.8, 4) is 11.5 Å². The van der Waals surface area contributed by atoms with Gasteiger partial charge in [-0.25, -0.2) is 9.98 Å². The van der Waals surface area contributed by atoms with Crippen LogP contribution in [-0.2, 0) is 13.1 Å². The van der Waals surface area contributed by atoms with Crippen molar-refractivity contribution < 1.29 is 19.0 Å². The summed E-state index contributed by atoms with van der Waals surface area (Å²) < 4.78 is 16.4. The first-order chi connectivity index (χ1) is 13.1. The van der Waals surface area contributed by atoms with Gasteiger partial charge < -0.3 is 29.6 Å². The fourth-order valence-electron chi connectivity index (χ4n) is 2.37. The van der Waals surface area contributed by atoms with E-state index in [2.05, 4.69) is 20.6 Å². The molecule has 0 radical (unpaired) electrons. The summed E-state index contributed by atoms with van der Waals surface area (Å²) in [6, 6.07) is 5.61. The van der Waals surface area contributed by atoms with Gasteiger partial charge in [-0.2, -0.15) is 0 Å². The lowest BCUT2D eigenvalue weighted by atomic mass is 10.2. The zero-order valence-electron chi connectivity index (χ0n) is 16.7. The zero-order valence-corrected chi connectivity index (χ0v) is 19.1. The molecule has 8 nitrogen and oxygen atoms in total. The Morgan fingerprint density at radius 2 is 2.04 bits per heavy atom. The van der Waals surface area contributed by atoms with Gasteiger partial charge in [-0.1, -0.05) is 6.07 Å². The number of nitrogens with one attached hydrogen (secondary N) is 2. The van der Waals surface area contributed by atoms with Gasteiger partial charge in [-0.15, -0.1) is 24.0 Å². The van der Waals surface area contributed by atoms with E-state index < -0.39 is 0 Å². The van der Waals surface area contributed by atoms with Crippen LogP contribution in [0.25, 0.3) is 0 Å². The molecule has 0 spiro atoms. The van der Waals surface area contributed by atoms with Crippen LogP contribution in [0.15, 0.2) is 27.6 Å². The van der Waals surface area contributed by atoms with Crippen LogP contribution in [0.3, 0.4) is 0 Å². The zero-order chi connectivity index (χ0) is 19.6. The highest BCUT2D eigenvalue weighted by Gasteiger charge is 2.08. The van der Waals surface area contributed by atoms with E-state index in [9.17, 15) is 0 Å². The molecule has 2 aromatic rings. The van der Waals surface area contributed by atoms with E-state index in [1.807, 2.05) is 39.0 Å². The molecule has 0 saturated heterocycles. The number of aryl methyl sites for hydroxylation is 2. The molecule has 2 rings (SSSR count). The van der Waals surface area contributed by atoms with E-state index in [1.54, 1.807) is 7.11 Å². The third-order valence-electron chi connectivity index (χ3n) is 3.82. The van der Waals surface area contributed by atoms with Crippen molar-refractivity contribution >= 4 is 29.9 Å².